The number of amides is 2. The van der Waals surface area contributed by atoms with E-state index in [0.29, 0.717) is 34.4 Å². The first-order chi connectivity index (χ1) is 25.0. The maximum absolute atomic E-state index is 14.3. The first-order valence-electron chi connectivity index (χ1n) is 17.1. The van der Waals surface area contributed by atoms with E-state index < -0.39 is 29.2 Å². The number of fused-ring (bicyclic) bond motifs is 1. The van der Waals surface area contributed by atoms with Gasteiger partial charge in [-0.3, -0.25) is 9.63 Å². The Labute approximate surface area is 313 Å². The number of nitrogens with one attached hydrogen (secondary N) is 2. The molecule has 1 heterocycles. The highest BCUT2D eigenvalue weighted by atomic mass is 35.5. The number of hydrogen-bond donors (Lipinski definition) is 2. The van der Waals surface area contributed by atoms with Crippen LogP contribution < -0.4 is 10.8 Å². The zero-order valence-electron chi connectivity index (χ0n) is 29.2. The van der Waals surface area contributed by atoms with Crippen LogP contribution in [0.1, 0.15) is 55.3 Å². The number of imidazole rings is 1. The van der Waals surface area contributed by atoms with Gasteiger partial charge in [-0.15, -0.1) is 0 Å². The van der Waals surface area contributed by atoms with Crippen LogP contribution in [0.4, 0.5) is 4.79 Å². The maximum atomic E-state index is 14.3. The van der Waals surface area contributed by atoms with E-state index in [1.807, 2.05) is 121 Å². The lowest BCUT2D eigenvalue weighted by Crippen LogP contribution is -2.50. The lowest BCUT2D eigenvalue weighted by atomic mass is 9.80. The molecule has 0 aliphatic carbocycles. The van der Waals surface area contributed by atoms with Crippen molar-refractivity contribution in [1.29, 1.82) is 0 Å². The predicted molar refractivity (Wildman–Crippen MR) is 205 cm³/mol. The van der Waals surface area contributed by atoms with Crippen molar-refractivity contribution in [2.75, 3.05) is 0 Å². The molecule has 8 nitrogen and oxygen atoms in total. The van der Waals surface area contributed by atoms with E-state index >= 15 is 0 Å². The van der Waals surface area contributed by atoms with Crippen LogP contribution in [0.25, 0.3) is 11.0 Å². The average molecular weight is 736 g/mol. The Morgan fingerprint density at radius 3 is 1.77 bits per heavy atom. The maximum Gasteiger partial charge on any atom is 0.408 e. The fourth-order valence-electron chi connectivity index (χ4n) is 6.19. The summed E-state index contributed by atoms with van der Waals surface area (Å²) in [5, 5.41) is 3.59. The molecule has 2 amide bonds. The van der Waals surface area contributed by atoms with Crippen molar-refractivity contribution >= 4 is 46.2 Å². The molecule has 52 heavy (non-hydrogen) atoms. The summed E-state index contributed by atoms with van der Waals surface area (Å²) < 4.78 is 7.63. The van der Waals surface area contributed by atoms with Crippen molar-refractivity contribution in [2.24, 2.45) is 0 Å². The number of halogens is 2. The van der Waals surface area contributed by atoms with Gasteiger partial charge >= 0.3 is 6.09 Å². The molecule has 10 heteroatoms. The zero-order chi connectivity index (χ0) is 36.7. The molecule has 5 aromatic carbocycles. The molecule has 1 aromatic heterocycles. The lowest BCUT2D eigenvalue weighted by Gasteiger charge is -2.35. The third-order valence-corrected chi connectivity index (χ3v) is 9.28. The second-order valence-electron chi connectivity index (χ2n) is 13.4. The summed E-state index contributed by atoms with van der Waals surface area (Å²) in [5.74, 6) is 0.129. The largest absolute Gasteiger partial charge is 0.444 e. The average Bonchev–Trinajstić information content (AvgIpc) is 3.46. The van der Waals surface area contributed by atoms with Gasteiger partial charge in [0.1, 0.15) is 17.5 Å². The third kappa shape index (κ3) is 8.48. The third-order valence-electron chi connectivity index (χ3n) is 8.56. The number of benzene rings is 5. The van der Waals surface area contributed by atoms with Crippen molar-refractivity contribution < 1.29 is 19.2 Å². The summed E-state index contributed by atoms with van der Waals surface area (Å²) in [7, 11) is 0. The molecular formula is C42H40Cl2N4O4. The summed E-state index contributed by atoms with van der Waals surface area (Å²) in [5.41, 5.74) is 5.68. The monoisotopic (exact) mass is 734 g/mol. The molecule has 266 valence electrons. The Hall–Kier alpha value is -5.15. The molecule has 2 N–H and O–H groups in total. The summed E-state index contributed by atoms with van der Waals surface area (Å²) >= 11 is 12.8. The van der Waals surface area contributed by atoms with Crippen LogP contribution in [-0.4, -0.2) is 33.2 Å². The number of aromatic nitrogens is 2. The van der Waals surface area contributed by atoms with Gasteiger partial charge in [0.2, 0.25) is 0 Å². The molecule has 0 aliphatic heterocycles. The van der Waals surface area contributed by atoms with Crippen molar-refractivity contribution in [1.82, 2.24) is 20.3 Å². The zero-order valence-corrected chi connectivity index (χ0v) is 30.7. The van der Waals surface area contributed by atoms with Gasteiger partial charge in [-0.2, -0.15) is 0 Å². The van der Waals surface area contributed by atoms with Gasteiger partial charge in [0, 0.05) is 13.0 Å². The predicted octanol–water partition coefficient (Wildman–Crippen LogP) is 9.26. The number of ether oxygens (including phenoxy) is 1. The normalized spacial score (nSPS) is 12.3. The molecule has 0 saturated carbocycles. The smallest absolute Gasteiger partial charge is 0.408 e. The van der Waals surface area contributed by atoms with Crippen LogP contribution in [0.2, 0.25) is 10.0 Å². The number of nitrogens with zero attached hydrogens (tertiary/aromatic N) is 2. The molecule has 0 saturated heterocycles. The van der Waals surface area contributed by atoms with Gasteiger partial charge in [0.25, 0.3) is 5.91 Å². The van der Waals surface area contributed by atoms with Crippen LogP contribution in [0, 0.1) is 0 Å². The Balaban J connectivity index is 1.34. The Morgan fingerprint density at radius 2 is 1.25 bits per heavy atom. The van der Waals surface area contributed by atoms with Gasteiger partial charge in [-0.25, -0.2) is 15.3 Å². The Kier molecular flexibility index (Phi) is 11.3. The minimum atomic E-state index is -1.22. The SMILES string of the molecule is CC(C)(C)OC(=O)NC(CCc1nc2cc(Cl)c(Cl)cc2n1Cc1ccccc1)C(=O)NOC(c1ccccc1)(c1ccccc1)c1ccccc1. The van der Waals surface area contributed by atoms with Crippen LogP contribution in [0.3, 0.4) is 0 Å². The number of rotatable bonds is 12. The molecule has 0 radical (unpaired) electrons. The van der Waals surface area contributed by atoms with E-state index in [0.717, 1.165) is 27.8 Å². The van der Waals surface area contributed by atoms with E-state index in [9.17, 15) is 9.59 Å². The second-order valence-corrected chi connectivity index (χ2v) is 14.3. The molecule has 0 bridgehead atoms. The standard InChI is InChI=1S/C42H40Cl2N4O4/c1-41(2,3)51-40(50)46-35(24-25-38-45-36-26-33(43)34(44)27-37(36)48(38)28-29-16-8-4-9-17-29)39(49)47-52-42(30-18-10-5-11-19-30,31-20-12-6-13-21-31)32-22-14-7-15-23-32/h4-23,26-27,35H,24-25,28H2,1-3H3,(H,46,50)(H,47,49). The summed E-state index contributed by atoms with van der Waals surface area (Å²) in [6.07, 6.45) is -0.251. The van der Waals surface area contributed by atoms with Crippen molar-refractivity contribution in [3.63, 3.8) is 0 Å². The van der Waals surface area contributed by atoms with E-state index in [1.54, 1.807) is 32.9 Å². The first kappa shape index (κ1) is 36.6. The quantitative estimate of drug-likeness (QED) is 0.0966. The van der Waals surface area contributed by atoms with Crippen molar-refractivity contribution in [2.45, 2.75) is 57.4 Å². The van der Waals surface area contributed by atoms with Crippen LogP contribution in [0.5, 0.6) is 0 Å². The number of hydrogen-bond acceptors (Lipinski definition) is 5. The molecule has 1 atom stereocenters. The van der Waals surface area contributed by atoms with Gasteiger partial charge in [0.05, 0.1) is 21.1 Å². The van der Waals surface area contributed by atoms with E-state index in [1.165, 1.54) is 0 Å². The molecular weight excluding hydrogens is 695 g/mol. The Morgan fingerprint density at radius 1 is 0.750 bits per heavy atom. The van der Waals surface area contributed by atoms with E-state index in [2.05, 4.69) is 15.4 Å². The number of hydroxylamine groups is 1. The van der Waals surface area contributed by atoms with Gasteiger partial charge in [-0.1, -0.05) is 145 Å². The molecule has 6 aromatic rings. The summed E-state index contributed by atoms with van der Waals surface area (Å²) in [4.78, 5) is 38.9. The molecule has 1 unspecified atom stereocenters. The van der Waals surface area contributed by atoms with Crippen LogP contribution in [0.15, 0.2) is 133 Å². The Bertz CT molecular complexity index is 2020. The lowest BCUT2D eigenvalue weighted by molar-refractivity contribution is -0.145. The molecule has 0 spiro atoms. The highest BCUT2D eigenvalue weighted by Crippen LogP contribution is 2.39. The topological polar surface area (TPSA) is 94.5 Å². The highest BCUT2D eigenvalue weighted by Gasteiger charge is 2.40. The summed E-state index contributed by atoms with van der Waals surface area (Å²) in [6, 6.07) is 41.5. The van der Waals surface area contributed by atoms with Crippen LogP contribution in [-0.2, 0) is 32.9 Å². The van der Waals surface area contributed by atoms with E-state index in [-0.39, 0.29) is 6.42 Å². The highest BCUT2D eigenvalue weighted by molar-refractivity contribution is 6.42. The van der Waals surface area contributed by atoms with E-state index in [4.69, 9.17) is 37.8 Å². The number of carbonyl (C=O) groups excluding carboxylic acids is 2. The van der Waals surface area contributed by atoms with Crippen LogP contribution >= 0.6 is 23.2 Å². The first-order valence-corrected chi connectivity index (χ1v) is 17.8. The number of carbonyl (C=O) groups is 2. The molecule has 6 rings (SSSR count). The van der Waals surface area contributed by atoms with Gasteiger partial charge in [0.15, 0.2) is 5.60 Å². The molecule has 0 aliphatic rings. The number of alkyl carbamates (subject to hydrolysis) is 1. The fraction of sp³-hybridized carbons (Fsp3) is 0.214. The van der Waals surface area contributed by atoms with Gasteiger partial charge in [-0.05, 0) is 61.6 Å². The summed E-state index contributed by atoms with van der Waals surface area (Å²) in [6.45, 7) is 5.81. The minimum Gasteiger partial charge on any atom is -0.444 e. The van der Waals surface area contributed by atoms with Gasteiger partial charge < -0.3 is 14.6 Å². The number of aryl methyl sites for hydroxylation is 1. The molecule has 0 fully saturated rings. The van der Waals surface area contributed by atoms with Crippen molar-refractivity contribution in [3.05, 3.63) is 172 Å². The second kappa shape index (κ2) is 16.0. The minimum absolute atomic E-state index is 0.170. The fourth-order valence-corrected chi connectivity index (χ4v) is 6.50. The van der Waals surface area contributed by atoms with Crippen molar-refractivity contribution in [3.8, 4) is 0 Å².